The van der Waals surface area contributed by atoms with Gasteiger partial charge in [-0.2, -0.15) is 0 Å². The van der Waals surface area contributed by atoms with E-state index in [1.54, 1.807) is 24.3 Å². The summed E-state index contributed by atoms with van der Waals surface area (Å²) in [6, 6.07) is 8.16. The average molecular weight is 277 g/mol. The number of ether oxygens (including phenoxy) is 1. The summed E-state index contributed by atoms with van der Waals surface area (Å²) in [6.45, 7) is 6.17. The van der Waals surface area contributed by atoms with Crippen molar-refractivity contribution < 1.29 is 14.8 Å². The summed E-state index contributed by atoms with van der Waals surface area (Å²) in [5.74, 6) is 0.770. The van der Waals surface area contributed by atoms with E-state index in [2.05, 4.69) is 18.7 Å². The van der Waals surface area contributed by atoms with E-state index in [-0.39, 0.29) is 0 Å². The van der Waals surface area contributed by atoms with E-state index < -0.39 is 7.12 Å². The van der Waals surface area contributed by atoms with Crippen molar-refractivity contribution in [3.05, 3.63) is 24.3 Å². The highest BCUT2D eigenvalue weighted by Crippen LogP contribution is 2.22. The molecule has 4 nitrogen and oxygen atoms in total. The van der Waals surface area contributed by atoms with Crippen LogP contribution in [0.4, 0.5) is 0 Å². The van der Waals surface area contributed by atoms with E-state index in [9.17, 15) is 0 Å². The maximum absolute atomic E-state index is 9.03. The monoisotopic (exact) mass is 277 g/mol. The van der Waals surface area contributed by atoms with Crippen molar-refractivity contribution in [3.8, 4) is 5.75 Å². The van der Waals surface area contributed by atoms with E-state index in [4.69, 9.17) is 14.8 Å². The van der Waals surface area contributed by atoms with Crippen molar-refractivity contribution in [2.24, 2.45) is 0 Å². The molecule has 0 radical (unpaired) electrons. The van der Waals surface area contributed by atoms with Gasteiger partial charge in [-0.25, -0.2) is 0 Å². The van der Waals surface area contributed by atoms with Gasteiger partial charge in [0.15, 0.2) is 0 Å². The molecule has 110 valence electrons. The van der Waals surface area contributed by atoms with Gasteiger partial charge in [-0.1, -0.05) is 18.6 Å². The van der Waals surface area contributed by atoms with Crippen LogP contribution < -0.4 is 10.2 Å². The highest BCUT2D eigenvalue weighted by atomic mass is 16.5. The van der Waals surface area contributed by atoms with Crippen LogP contribution in [0, 0.1) is 0 Å². The van der Waals surface area contributed by atoms with Crippen LogP contribution in [0.2, 0.25) is 0 Å². The molecule has 0 aromatic heterocycles. The molecule has 1 heterocycles. The summed E-state index contributed by atoms with van der Waals surface area (Å²) in [6.07, 6.45) is 3.87. The maximum atomic E-state index is 9.03. The fourth-order valence-corrected chi connectivity index (χ4v) is 2.92. The van der Waals surface area contributed by atoms with Gasteiger partial charge < -0.3 is 14.8 Å². The minimum Gasteiger partial charge on any atom is -0.492 e. The first-order valence-corrected chi connectivity index (χ1v) is 7.42. The Kier molecular flexibility index (Phi) is 5.46. The largest absolute Gasteiger partial charge is 0.492 e. The number of rotatable bonds is 5. The normalized spacial score (nSPS) is 23.6. The van der Waals surface area contributed by atoms with E-state index in [1.165, 1.54) is 19.3 Å². The molecule has 2 atom stereocenters. The van der Waals surface area contributed by atoms with Crippen LogP contribution in [0.25, 0.3) is 0 Å². The summed E-state index contributed by atoms with van der Waals surface area (Å²) >= 11 is 0. The Hall–Kier alpha value is -1.04. The molecule has 1 saturated heterocycles. The molecular formula is C15H24BNO3. The second-order valence-electron chi connectivity index (χ2n) is 5.66. The SMILES string of the molecule is CC1CCCC(C)N1CCOc1ccc(B(O)O)cc1. The van der Waals surface area contributed by atoms with E-state index in [1.807, 2.05) is 0 Å². The van der Waals surface area contributed by atoms with E-state index >= 15 is 0 Å². The first-order valence-electron chi connectivity index (χ1n) is 7.42. The molecule has 1 aromatic carbocycles. The summed E-state index contributed by atoms with van der Waals surface area (Å²) in [4.78, 5) is 2.51. The van der Waals surface area contributed by atoms with Crippen LogP contribution >= 0.6 is 0 Å². The molecule has 1 fully saturated rings. The van der Waals surface area contributed by atoms with Gasteiger partial charge in [0.1, 0.15) is 12.4 Å². The molecule has 1 aromatic rings. The molecule has 0 amide bonds. The van der Waals surface area contributed by atoms with E-state index in [0.717, 1.165) is 12.3 Å². The second-order valence-corrected chi connectivity index (χ2v) is 5.66. The first-order chi connectivity index (χ1) is 9.58. The molecule has 0 spiro atoms. The van der Waals surface area contributed by atoms with Crippen LogP contribution in [-0.2, 0) is 0 Å². The van der Waals surface area contributed by atoms with Crippen molar-refractivity contribution in [1.29, 1.82) is 0 Å². The molecule has 2 unspecified atom stereocenters. The number of benzene rings is 1. The third-order valence-corrected chi connectivity index (χ3v) is 4.17. The van der Waals surface area contributed by atoms with Gasteiger partial charge in [0.05, 0.1) is 0 Å². The van der Waals surface area contributed by atoms with Gasteiger partial charge in [-0.15, -0.1) is 0 Å². The van der Waals surface area contributed by atoms with Crippen molar-refractivity contribution in [2.75, 3.05) is 13.2 Å². The number of hydrogen-bond acceptors (Lipinski definition) is 4. The summed E-state index contributed by atoms with van der Waals surface area (Å²) < 4.78 is 5.74. The van der Waals surface area contributed by atoms with Gasteiger partial charge in [0, 0.05) is 18.6 Å². The lowest BCUT2D eigenvalue weighted by atomic mass is 9.80. The smallest absolute Gasteiger partial charge is 0.488 e. The molecule has 5 heteroatoms. The van der Waals surface area contributed by atoms with Gasteiger partial charge in [-0.05, 0) is 44.3 Å². The number of piperidine rings is 1. The summed E-state index contributed by atoms with van der Waals surface area (Å²) in [7, 11) is -1.42. The topological polar surface area (TPSA) is 52.9 Å². The Bertz CT molecular complexity index is 400. The molecule has 2 N–H and O–H groups in total. The van der Waals surface area contributed by atoms with Crippen LogP contribution in [0.3, 0.4) is 0 Å². The third kappa shape index (κ3) is 3.98. The van der Waals surface area contributed by atoms with Crippen LogP contribution in [0.1, 0.15) is 33.1 Å². The molecule has 20 heavy (non-hydrogen) atoms. The molecule has 1 aliphatic rings. The van der Waals surface area contributed by atoms with Crippen LogP contribution in [0.5, 0.6) is 5.75 Å². The predicted molar refractivity (Wildman–Crippen MR) is 81.2 cm³/mol. The van der Waals surface area contributed by atoms with Gasteiger partial charge in [0.2, 0.25) is 0 Å². The lowest BCUT2D eigenvalue weighted by molar-refractivity contribution is 0.0851. The van der Waals surface area contributed by atoms with Gasteiger partial charge >= 0.3 is 7.12 Å². The van der Waals surface area contributed by atoms with Crippen molar-refractivity contribution >= 4 is 12.6 Å². The molecule has 1 aliphatic heterocycles. The Morgan fingerprint density at radius 1 is 1.15 bits per heavy atom. The zero-order valence-corrected chi connectivity index (χ0v) is 12.3. The average Bonchev–Trinajstić information content (AvgIpc) is 2.42. The molecule has 0 saturated carbocycles. The number of likely N-dealkylation sites (tertiary alicyclic amines) is 1. The van der Waals surface area contributed by atoms with E-state index in [0.29, 0.717) is 24.2 Å². The molecule has 0 bridgehead atoms. The van der Waals surface area contributed by atoms with Crippen molar-refractivity contribution in [2.45, 2.75) is 45.2 Å². The molecule has 2 rings (SSSR count). The predicted octanol–water partition coefficient (Wildman–Crippen LogP) is 1.01. The zero-order valence-electron chi connectivity index (χ0n) is 12.3. The van der Waals surface area contributed by atoms with Crippen LogP contribution in [0.15, 0.2) is 24.3 Å². The lowest BCUT2D eigenvalue weighted by Crippen LogP contribution is -2.45. The first kappa shape index (κ1) is 15.4. The fraction of sp³-hybridized carbons (Fsp3) is 0.600. The lowest BCUT2D eigenvalue weighted by Gasteiger charge is -2.38. The van der Waals surface area contributed by atoms with Crippen molar-refractivity contribution in [1.82, 2.24) is 4.90 Å². The summed E-state index contributed by atoms with van der Waals surface area (Å²) in [5.41, 5.74) is 0.482. The Morgan fingerprint density at radius 3 is 2.30 bits per heavy atom. The Labute approximate surface area is 121 Å². The van der Waals surface area contributed by atoms with Crippen molar-refractivity contribution in [3.63, 3.8) is 0 Å². The number of hydrogen-bond donors (Lipinski definition) is 2. The highest BCUT2D eigenvalue weighted by molar-refractivity contribution is 6.58. The minimum atomic E-state index is -1.42. The molecule has 0 aliphatic carbocycles. The number of nitrogens with zero attached hydrogens (tertiary/aromatic N) is 1. The standard InChI is InChI=1S/C15H24BNO3/c1-12-4-3-5-13(2)17(12)10-11-20-15-8-6-14(7-9-15)16(18)19/h6-9,12-13,18-19H,3-5,10-11H2,1-2H3. The third-order valence-electron chi connectivity index (χ3n) is 4.17. The second kappa shape index (κ2) is 7.11. The fourth-order valence-electron chi connectivity index (χ4n) is 2.92. The van der Waals surface area contributed by atoms with Crippen LogP contribution in [-0.4, -0.2) is 47.3 Å². The van der Waals surface area contributed by atoms with Gasteiger partial charge in [-0.3, -0.25) is 4.90 Å². The Morgan fingerprint density at radius 2 is 1.75 bits per heavy atom. The maximum Gasteiger partial charge on any atom is 0.488 e. The molecular weight excluding hydrogens is 253 g/mol. The highest BCUT2D eigenvalue weighted by Gasteiger charge is 2.24. The van der Waals surface area contributed by atoms with Gasteiger partial charge in [0.25, 0.3) is 0 Å². The summed E-state index contributed by atoms with van der Waals surface area (Å²) in [5, 5.41) is 18.1. The Balaban J connectivity index is 1.80. The minimum absolute atomic E-state index is 0.482. The zero-order chi connectivity index (χ0) is 14.5. The quantitative estimate of drug-likeness (QED) is 0.789.